The summed E-state index contributed by atoms with van der Waals surface area (Å²) in [5.41, 5.74) is 5.12. The van der Waals surface area contributed by atoms with Crippen LogP contribution in [0.1, 0.15) is 36.2 Å². The zero-order chi connectivity index (χ0) is 24.4. The van der Waals surface area contributed by atoms with Crippen LogP contribution in [0.25, 0.3) is 11.0 Å². The summed E-state index contributed by atoms with van der Waals surface area (Å²) in [6, 6.07) is 22.1. The Hall–Kier alpha value is -3.80. The molecule has 35 heavy (non-hydrogen) atoms. The maximum absolute atomic E-state index is 13.1. The van der Waals surface area contributed by atoms with Crippen molar-refractivity contribution in [3.05, 3.63) is 83.7 Å². The van der Waals surface area contributed by atoms with Gasteiger partial charge in [-0.05, 0) is 62.2 Å². The van der Waals surface area contributed by atoms with Gasteiger partial charge in [-0.25, -0.2) is 4.98 Å². The van der Waals surface area contributed by atoms with E-state index in [1.807, 2.05) is 54.3 Å². The molecule has 3 aromatic carbocycles. The van der Waals surface area contributed by atoms with E-state index < -0.39 is 0 Å². The monoisotopic (exact) mass is 469 g/mol. The largest absolute Gasteiger partial charge is 0.492 e. The molecule has 0 aliphatic carbocycles. The number of aryl methyl sites for hydroxylation is 2. The first kappa shape index (κ1) is 23.0. The fourth-order valence-electron chi connectivity index (χ4n) is 4.82. The Morgan fingerprint density at radius 3 is 2.63 bits per heavy atom. The predicted molar refractivity (Wildman–Crippen MR) is 138 cm³/mol. The van der Waals surface area contributed by atoms with Gasteiger partial charge >= 0.3 is 0 Å². The Morgan fingerprint density at radius 2 is 1.77 bits per heavy atom. The molecule has 0 saturated carbocycles. The Labute approximate surface area is 206 Å². The first-order chi connectivity index (χ1) is 17.0. The van der Waals surface area contributed by atoms with Gasteiger partial charge < -0.3 is 18.9 Å². The summed E-state index contributed by atoms with van der Waals surface area (Å²) < 4.78 is 14.2. The third kappa shape index (κ3) is 4.61. The molecule has 0 unspecified atom stereocenters. The van der Waals surface area contributed by atoms with Crippen molar-refractivity contribution in [2.45, 2.75) is 39.7 Å². The van der Waals surface area contributed by atoms with E-state index in [1.165, 1.54) is 5.56 Å². The van der Waals surface area contributed by atoms with Gasteiger partial charge in [0.05, 0.1) is 29.9 Å². The smallest absolute Gasteiger partial charge is 0.227 e. The quantitative estimate of drug-likeness (QED) is 0.335. The minimum absolute atomic E-state index is 0.00899. The number of fused-ring (bicyclic) bond motifs is 1. The van der Waals surface area contributed by atoms with Crippen molar-refractivity contribution in [2.24, 2.45) is 0 Å². The number of anilines is 1. The van der Waals surface area contributed by atoms with Crippen LogP contribution in [0.2, 0.25) is 0 Å². The topological polar surface area (TPSA) is 56.6 Å². The van der Waals surface area contributed by atoms with Crippen molar-refractivity contribution in [1.82, 2.24) is 9.55 Å². The maximum Gasteiger partial charge on any atom is 0.227 e. The van der Waals surface area contributed by atoms with Gasteiger partial charge in [0.25, 0.3) is 0 Å². The second-order valence-electron chi connectivity index (χ2n) is 9.03. The summed E-state index contributed by atoms with van der Waals surface area (Å²) in [4.78, 5) is 19.9. The van der Waals surface area contributed by atoms with Crippen LogP contribution < -0.4 is 14.4 Å². The van der Waals surface area contributed by atoms with Crippen LogP contribution in [0.3, 0.4) is 0 Å². The number of ether oxygens (including phenoxy) is 2. The SMILES string of the molecule is CCOc1ccccc1N1C[C@@H](c2nc3ccccc3n2CCOc2cc(C)ccc2C)CC1=O. The number of aromatic nitrogens is 2. The molecule has 0 radical (unpaired) electrons. The van der Waals surface area contributed by atoms with Gasteiger partial charge in [-0.1, -0.05) is 36.4 Å². The highest BCUT2D eigenvalue weighted by molar-refractivity contribution is 5.97. The van der Waals surface area contributed by atoms with E-state index in [9.17, 15) is 4.79 Å². The van der Waals surface area contributed by atoms with Crippen LogP contribution in [0.15, 0.2) is 66.7 Å². The minimum Gasteiger partial charge on any atom is -0.492 e. The third-order valence-corrected chi connectivity index (χ3v) is 6.55. The molecule has 1 atom stereocenters. The second kappa shape index (κ2) is 9.82. The summed E-state index contributed by atoms with van der Waals surface area (Å²) in [7, 11) is 0. The lowest BCUT2D eigenvalue weighted by atomic mass is 10.1. The summed E-state index contributed by atoms with van der Waals surface area (Å²) >= 11 is 0. The van der Waals surface area contributed by atoms with Crippen molar-refractivity contribution < 1.29 is 14.3 Å². The first-order valence-electron chi connectivity index (χ1n) is 12.2. The number of rotatable bonds is 8. The van der Waals surface area contributed by atoms with Gasteiger partial charge in [0, 0.05) is 18.9 Å². The molecule has 1 fully saturated rings. The van der Waals surface area contributed by atoms with Gasteiger partial charge in [0.15, 0.2) is 0 Å². The van der Waals surface area contributed by atoms with Crippen molar-refractivity contribution in [1.29, 1.82) is 0 Å². The summed E-state index contributed by atoms with van der Waals surface area (Å²) in [6.45, 7) is 8.39. The van der Waals surface area contributed by atoms with Crippen LogP contribution in [-0.4, -0.2) is 35.2 Å². The zero-order valence-corrected chi connectivity index (χ0v) is 20.5. The van der Waals surface area contributed by atoms with E-state index in [0.717, 1.165) is 39.6 Å². The Balaban J connectivity index is 1.41. The number of benzene rings is 3. The lowest BCUT2D eigenvalue weighted by molar-refractivity contribution is -0.117. The van der Waals surface area contributed by atoms with Gasteiger partial charge in [-0.15, -0.1) is 0 Å². The number of carbonyl (C=O) groups is 1. The highest BCUT2D eigenvalue weighted by Gasteiger charge is 2.36. The Bertz CT molecular complexity index is 1360. The van der Waals surface area contributed by atoms with Gasteiger partial charge in [-0.2, -0.15) is 0 Å². The molecule has 180 valence electrons. The second-order valence-corrected chi connectivity index (χ2v) is 9.03. The number of nitrogens with zero attached hydrogens (tertiary/aromatic N) is 3. The van der Waals surface area contributed by atoms with Crippen molar-refractivity contribution in [2.75, 3.05) is 24.7 Å². The maximum atomic E-state index is 13.1. The molecule has 1 aliphatic heterocycles. The molecule has 1 saturated heterocycles. The van der Waals surface area contributed by atoms with E-state index in [2.05, 4.69) is 42.7 Å². The number of carbonyl (C=O) groups excluding carboxylic acids is 1. The normalized spacial score (nSPS) is 15.7. The van der Waals surface area contributed by atoms with E-state index in [0.29, 0.717) is 32.7 Å². The summed E-state index contributed by atoms with van der Waals surface area (Å²) in [5.74, 6) is 2.66. The molecule has 6 nitrogen and oxygen atoms in total. The molecule has 5 rings (SSSR count). The number of hydrogen-bond donors (Lipinski definition) is 0. The summed E-state index contributed by atoms with van der Waals surface area (Å²) in [6.07, 6.45) is 0.418. The Kier molecular flexibility index (Phi) is 6.45. The first-order valence-corrected chi connectivity index (χ1v) is 12.2. The summed E-state index contributed by atoms with van der Waals surface area (Å²) in [5, 5.41) is 0. The average Bonchev–Trinajstić information content (AvgIpc) is 3.42. The molecule has 1 amide bonds. The number of imidazole rings is 1. The van der Waals surface area contributed by atoms with Crippen LogP contribution in [0.4, 0.5) is 5.69 Å². The fraction of sp³-hybridized carbons (Fsp3) is 0.310. The number of hydrogen-bond acceptors (Lipinski definition) is 4. The molecule has 0 N–H and O–H groups in total. The molecule has 1 aromatic heterocycles. The van der Waals surface area contributed by atoms with Crippen LogP contribution >= 0.6 is 0 Å². The van der Waals surface area contributed by atoms with Crippen molar-refractivity contribution in [3.8, 4) is 11.5 Å². The Morgan fingerprint density at radius 1 is 0.971 bits per heavy atom. The molecular weight excluding hydrogens is 438 g/mol. The molecule has 0 bridgehead atoms. The fourth-order valence-corrected chi connectivity index (χ4v) is 4.82. The van der Waals surface area contributed by atoms with Gasteiger partial charge in [0.2, 0.25) is 5.91 Å². The minimum atomic E-state index is -0.00899. The zero-order valence-electron chi connectivity index (χ0n) is 20.5. The number of para-hydroxylation sites is 4. The van der Waals surface area contributed by atoms with E-state index in [4.69, 9.17) is 14.5 Å². The van der Waals surface area contributed by atoms with E-state index >= 15 is 0 Å². The van der Waals surface area contributed by atoms with Crippen LogP contribution in [0.5, 0.6) is 11.5 Å². The van der Waals surface area contributed by atoms with Crippen molar-refractivity contribution in [3.63, 3.8) is 0 Å². The van der Waals surface area contributed by atoms with Crippen LogP contribution in [-0.2, 0) is 11.3 Å². The lowest BCUT2D eigenvalue weighted by Gasteiger charge is -2.20. The standard InChI is InChI=1S/C29H31N3O3/c1-4-34-26-12-8-7-11-25(26)32-19-22(18-28(32)33)29-30-23-9-5-6-10-24(23)31(29)15-16-35-27-17-20(2)13-14-21(27)3/h5-14,17,22H,4,15-16,18-19H2,1-3H3/t22-/m0/s1. The van der Waals surface area contributed by atoms with Gasteiger partial charge in [0.1, 0.15) is 23.9 Å². The molecule has 0 spiro atoms. The van der Waals surface area contributed by atoms with Crippen molar-refractivity contribution >= 4 is 22.6 Å². The molecule has 1 aliphatic rings. The highest BCUT2D eigenvalue weighted by Crippen LogP contribution is 2.37. The molecule has 6 heteroatoms. The molecular formula is C29H31N3O3. The van der Waals surface area contributed by atoms with Gasteiger partial charge in [-0.3, -0.25) is 4.79 Å². The van der Waals surface area contributed by atoms with Crippen LogP contribution in [0, 0.1) is 13.8 Å². The van der Waals surface area contributed by atoms with E-state index in [-0.39, 0.29) is 11.8 Å². The lowest BCUT2D eigenvalue weighted by Crippen LogP contribution is -2.25. The third-order valence-electron chi connectivity index (χ3n) is 6.55. The molecule has 4 aromatic rings. The molecule has 2 heterocycles. The number of amides is 1. The van der Waals surface area contributed by atoms with E-state index in [1.54, 1.807) is 0 Å². The predicted octanol–water partition coefficient (Wildman–Crippen LogP) is 5.65. The highest BCUT2D eigenvalue weighted by atomic mass is 16.5. The average molecular weight is 470 g/mol.